The smallest absolute Gasteiger partial charge is 0.319 e. The van der Waals surface area contributed by atoms with Crippen molar-refractivity contribution in [2.75, 3.05) is 51.4 Å². The Morgan fingerprint density at radius 2 is 2.11 bits per heavy atom. The molecule has 2 aliphatic heterocycles. The van der Waals surface area contributed by atoms with Gasteiger partial charge in [0, 0.05) is 44.3 Å². The lowest BCUT2D eigenvalue weighted by Crippen LogP contribution is -2.52. The van der Waals surface area contributed by atoms with E-state index in [1.807, 2.05) is 0 Å². The molecule has 0 aromatic heterocycles. The van der Waals surface area contributed by atoms with Gasteiger partial charge in [0.25, 0.3) is 5.69 Å². The zero-order valence-corrected chi connectivity index (χ0v) is 15.5. The van der Waals surface area contributed by atoms with Crippen LogP contribution < -0.4 is 10.6 Å². The second-order valence-electron chi connectivity index (χ2n) is 6.88. The maximum atomic E-state index is 12.4. The number of anilines is 1. The summed E-state index contributed by atoms with van der Waals surface area (Å²) in [4.78, 5) is 25.3. The molecule has 1 aromatic rings. The molecule has 2 N–H and O–H groups in total. The summed E-state index contributed by atoms with van der Waals surface area (Å²) in [6.07, 6.45) is 0.981. The Morgan fingerprint density at radius 3 is 2.78 bits per heavy atom. The highest BCUT2D eigenvalue weighted by molar-refractivity contribution is 5.90. The number of nitrogens with zero attached hydrogens (tertiary/aromatic N) is 2. The molecular weight excluding hydrogens is 352 g/mol. The number of urea groups is 1. The number of ether oxygens (including phenoxy) is 2. The average molecular weight is 378 g/mol. The van der Waals surface area contributed by atoms with Crippen LogP contribution in [0.2, 0.25) is 0 Å². The molecule has 148 valence electrons. The van der Waals surface area contributed by atoms with E-state index in [-0.39, 0.29) is 17.8 Å². The van der Waals surface area contributed by atoms with E-state index in [0.717, 1.165) is 26.1 Å². The Labute approximate surface area is 158 Å². The zero-order chi connectivity index (χ0) is 19.2. The summed E-state index contributed by atoms with van der Waals surface area (Å²) in [6.45, 7) is 6.66. The van der Waals surface area contributed by atoms with Crippen LogP contribution in [-0.2, 0) is 9.47 Å². The van der Waals surface area contributed by atoms with Crippen molar-refractivity contribution in [3.05, 3.63) is 33.9 Å². The maximum Gasteiger partial charge on any atom is 0.319 e. The average Bonchev–Trinajstić information content (AvgIpc) is 3.19. The third-order valence-electron chi connectivity index (χ3n) is 5.25. The lowest BCUT2D eigenvalue weighted by molar-refractivity contribution is -0.385. The highest BCUT2D eigenvalue weighted by Crippen LogP contribution is 2.25. The lowest BCUT2D eigenvalue weighted by Gasteiger charge is -2.37. The van der Waals surface area contributed by atoms with Crippen LogP contribution in [0.5, 0.6) is 0 Å². The third-order valence-corrected chi connectivity index (χ3v) is 5.25. The number of morpholine rings is 1. The second-order valence-corrected chi connectivity index (χ2v) is 6.88. The molecule has 0 bridgehead atoms. The quantitative estimate of drug-likeness (QED) is 0.577. The highest BCUT2D eigenvalue weighted by atomic mass is 16.6. The standard InChI is InChI=1S/C18H26N4O5/c1-13-15(3-2-4-16(13)22(24)25)20-18(23)19-11-17(14-5-8-27-12-14)21-6-9-26-10-7-21/h2-4,14,17H,5-12H2,1H3,(H2,19,20,23)/t14-,17-/m0/s1. The number of nitro groups is 1. The van der Waals surface area contributed by atoms with Crippen molar-refractivity contribution >= 4 is 17.4 Å². The first-order chi connectivity index (χ1) is 13.1. The van der Waals surface area contributed by atoms with E-state index in [0.29, 0.717) is 43.5 Å². The van der Waals surface area contributed by atoms with Crippen molar-refractivity contribution in [2.24, 2.45) is 5.92 Å². The molecule has 2 aliphatic rings. The van der Waals surface area contributed by atoms with E-state index in [1.165, 1.54) is 6.07 Å². The first kappa shape index (κ1) is 19.5. The van der Waals surface area contributed by atoms with Gasteiger partial charge in [-0.15, -0.1) is 0 Å². The Morgan fingerprint density at radius 1 is 1.33 bits per heavy atom. The number of nitro benzene ring substituents is 1. The molecule has 0 aliphatic carbocycles. The number of carbonyl (C=O) groups excluding carboxylic acids is 1. The van der Waals surface area contributed by atoms with Gasteiger partial charge in [-0.1, -0.05) is 6.07 Å². The van der Waals surface area contributed by atoms with E-state index < -0.39 is 4.92 Å². The van der Waals surface area contributed by atoms with Gasteiger partial charge in [-0.2, -0.15) is 0 Å². The van der Waals surface area contributed by atoms with Gasteiger partial charge in [0.2, 0.25) is 0 Å². The molecule has 2 amide bonds. The van der Waals surface area contributed by atoms with Crippen LogP contribution in [0.25, 0.3) is 0 Å². The first-order valence-electron chi connectivity index (χ1n) is 9.24. The van der Waals surface area contributed by atoms with Crippen LogP contribution in [-0.4, -0.2) is 68.0 Å². The minimum Gasteiger partial charge on any atom is -0.381 e. The monoisotopic (exact) mass is 378 g/mol. The number of carbonyl (C=O) groups is 1. The zero-order valence-electron chi connectivity index (χ0n) is 15.5. The predicted octanol–water partition coefficient (Wildman–Crippen LogP) is 1.76. The van der Waals surface area contributed by atoms with Crippen LogP contribution in [0.4, 0.5) is 16.2 Å². The van der Waals surface area contributed by atoms with Crippen LogP contribution in [0.1, 0.15) is 12.0 Å². The summed E-state index contributed by atoms with van der Waals surface area (Å²) in [5.41, 5.74) is 0.863. The molecule has 2 saturated heterocycles. The summed E-state index contributed by atoms with van der Waals surface area (Å²) in [5, 5.41) is 16.7. The van der Waals surface area contributed by atoms with E-state index in [1.54, 1.807) is 19.1 Å². The van der Waals surface area contributed by atoms with Crippen molar-refractivity contribution in [1.82, 2.24) is 10.2 Å². The summed E-state index contributed by atoms with van der Waals surface area (Å²) < 4.78 is 11.0. The molecule has 2 fully saturated rings. The van der Waals surface area contributed by atoms with Crippen LogP contribution in [0.15, 0.2) is 18.2 Å². The fourth-order valence-corrected chi connectivity index (χ4v) is 3.68. The van der Waals surface area contributed by atoms with Crippen molar-refractivity contribution in [3.63, 3.8) is 0 Å². The number of benzene rings is 1. The van der Waals surface area contributed by atoms with Crippen molar-refractivity contribution in [1.29, 1.82) is 0 Å². The molecule has 9 nitrogen and oxygen atoms in total. The summed E-state index contributed by atoms with van der Waals surface area (Å²) in [6, 6.07) is 4.47. The molecule has 0 unspecified atom stereocenters. The van der Waals surface area contributed by atoms with Gasteiger partial charge in [-0.25, -0.2) is 4.79 Å². The maximum absolute atomic E-state index is 12.4. The molecule has 0 radical (unpaired) electrons. The molecule has 9 heteroatoms. The van der Waals surface area contributed by atoms with E-state index >= 15 is 0 Å². The molecule has 1 aromatic carbocycles. The fourth-order valence-electron chi connectivity index (χ4n) is 3.68. The van der Waals surface area contributed by atoms with E-state index in [9.17, 15) is 14.9 Å². The van der Waals surface area contributed by atoms with Crippen molar-refractivity contribution in [3.8, 4) is 0 Å². The second kappa shape index (κ2) is 9.12. The largest absolute Gasteiger partial charge is 0.381 e. The van der Waals surface area contributed by atoms with Crippen molar-refractivity contribution in [2.45, 2.75) is 19.4 Å². The van der Waals surface area contributed by atoms with E-state index in [4.69, 9.17) is 9.47 Å². The van der Waals surface area contributed by atoms with Crippen LogP contribution in [0.3, 0.4) is 0 Å². The number of hydrogen-bond acceptors (Lipinski definition) is 6. The number of hydrogen-bond donors (Lipinski definition) is 2. The van der Waals surface area contributed by atoms with Gasteiger partial charge in [-0.05, 0) is 19.4 Å². The Kier molecular flexibility index (Phi) is 6.59. The molecule has 27 heavy (non-hydrogen) atoms. The van der Waals surface area contributed by atoms with Gasteiger partial charge < -0.3 is 20.1 Å². The van der Waals surface area contributed by atoms with Crippen LogP contribution >= 0.6 is 0 Å². The number of rotatable bonds is 6. The molecule has 0 saturated carbocycles. The lowest BCUT2D eigenvalue weighted by atomic mass is 9.97. The molecule has 2 atom stereocenters. The topological polar surface area (TPSA) is 106 Å². The molecule has 2 heterocycles. The van der Waals surface area contributed by atoms with Gasteiger partial charge in [0.05, 0.1) is 36.0 Å². The van der Waals surface area contributed by atoms with E-state index in [2.05, 4.69) is 15.5 Å². The van der Waals surface area contributed by atoms with Crippen molar-refractivity contribution < 1.29 is 19.2 Å². The summed E-state index contributed by atoms with van der Waals surface area (Å²) >= 11 is 0. The molecule has 3 rings (SSSR count). The van der Waals surface area contributed by atoms with Crippen LogP contribution in [0, 0.1) is 23.0 Å². The number of amides is 2. The predicted molar refractivity (Wildman–Crippen MR) is 100.0 cm³/mol. The minimum absolute atomic E-state index is 0.0119. The SMILES string of the molecule is Cc1c(NC(=O)NC[C@@H]([C@H]2CCOC2)N2CCOCC2)cccc1[N+](=O)[O-]. The third kappa shape index (κ3) is 4.94. The minimum atomic E-state index is -0.451. The van der Waals surface area contributed by atoms with Gasteiger partial charge in [-0.3, -0.25) is 15.0 Å². The number of nitrogens with one attached hydrogen (secondary N) is 2. The molecular formula is C18H26N4O5. The Hall–Kier alpha value is -2.23. The Bertz CT molecular complexity index is 672. The van der Waals surface area contributed by atoms with Gasteiger partial charge >= 0.3 is 6.03 Å². The normalized spacial score (nSPS) is 21.6. The van der Waals surface area contributed by atoms with Gasteiger partial charge in [0.15, 0.2) is 0 Å². The summed E-state index contributed by atoms with van der Waals surface area (Å²) in [5.74, 6) is 0.378. The Balaban J connectivity index is 1.60. The molecule has 0 spiro atoms. The van der Waals surface area contributed by atoms with Gasteiger partial charge in [0.1, 0.15) is 0 Å². The highest BCUT2D eigenvalue weighted by Gasteiger charge is 2.31. The summed E-state index contributed by atoms with van der Waals surface area (Å²) in [7, 11) is 0. The first-order valence-corrected chi connectivity index (χ1v) is 9.24. The fraction of sp³-hybridized carbons (Fsp3) is 0.611.